The van der Waals surface area contributed by atoms with Gasteiger partial charge in [0.1, 0.15) is 12.4 Å². The highest BCUT2D eigenvalue weighted by molar-refractivity contribution is 9.10. The second kappa shape index (κ2) is 12.4. The SMILES string of the molecule is CC(=NNC(=O)CN(c1cccc(Br)c1)S(=O)(=O)c1ccccc1)c1ccc2c(c1)C1C=CCC1C(c1ccc(F)cc1)N2. The molecule has 0 spiro atoms. The highest BCUT2D eigenvalue weighted by Crippen LogP contribution is 2.50. The Labute approximate surface area is 264 Å². The van der Waals surface area contributed by atoms with Gasteiger partial charge in [0.05, 0.1) is 22.3 Å². The van der Waals surface area contributed by atoms with Gasteiger partial charge in [-0.3, -0.25) is 9.10 Å². The molecule has 2 N–H and O–H groups in total. The third-order valence-electron chi connectivity index (χ3n) is 8.07. The fraction of sp³-hybridized carbons (Fsp3) is 0.176. The molecule has 1 heterocycles. The Morgan fingerprint density at radius 2 is 1.80 bits per heavy atom. The predicted octanol–water partition coefficient (Wildman–Crippen LogP) is 7.15. The lowest BCUT2D eigenvalue weighted by atomic mass is 9.76. The standard InChI is InChI=1S/C34H30BrFN4O3S/c1-22(24-15-18-32-31(19-24)29-11-6-12-30(29)34(37-32)23-13-16-26(36)17-14-23)38-39-33(41)21-40(27-8-5-7-25(35)20-27)44(42,43)28-9-3-2-4-10-28/h2-11,13-20,29-30,34,37H,12,21H2,1H3,(H,39,41). The molecule has 7 nitrogen and oxygen atoms in total. The summed E-state index contributed by atoms with van der Waals surface area (Å²) in [6, 6.07) is 27.5. The molecule has 3 unspecified atom stereocenters. The summed E-state index contributed by atoms with van der Waals surface area (Å²) in [7, 11) is -4.03. The zero-order chi connectivity index (χ0) is 30.8. The van der Waals surface area contributed by atoms with Gasteiger partial charge in [-0.25, -0.2) is 18.2 Å². The lowest BCUT2D eigenvalue weighted by Crippen LogP contribution is -2.39. The monoisotopic (exact) mass is 672 g/mol. The van der Waals surface area contributed by atoms with Crippen LogP contribution < -0.4 is 15.0 Å². The van der Waals surface area contributed by atoms with Gasteiger partial charge in [-0.1, -0.05) is 70.5 Å². The molecule has 0 saturated heterocycles. The molecule has 0 bridgehead atoms. The lowest BCUT2D eigenvalue weighted by molar-refractivity contribution is -0.119. The van der Waals surface area contributed by atoms with Crippen LogP contribution in [0.15, 0.2) is 124 Å². The van der Waals surface area contributed by atoms with Crippen molar-refractivity contribution in [2.45, 2.75) is 30.2 Å². The Bertz CT molecular complexity index is 1860. The van der Waals surface area contributed by atoms with Crippen molar-refractivity contribution in [2.24, 2.45) is 11.0 Å². The van der Waals surface area contributed by atoms with Gasteiger partial charge in [0.2, 0.25) is 0 Å². The molecule has 4 aromatic rings. The van der Waals surface area contributed by atoms with Gasteiger partial charge in [-0.2, -0.15) is 5.10 Å². The van der Waals surface area contributed by atoms with Crippen LogP contribution in [0.5, 0.6) is 0 Å². The first-order valence-corrected chi connectivity index (χ1v) is 16.4. The molecule has 0 aromatic heterocycles. The Balaban J connectivity index is 1.21. The summed E-state index contributed by atoms with van der Waals surface area (Å²) in [5.41, 5.74) is 7.50. The number of fused-ring (bicyclic) bond motifs is 3. The molecule has 0 fully saturated rings. The number of nitrogens with zero attached hydrogens (tertiary/aromatic N) is 2. The molecule has 6 rings (SSSR count). The molecular weight excluding hydrogens is 643 g/mol. The van der Waals surface area contributed by atoms with E-state index in [-0.39, 0.29) is 28.6 Å². The predicted molar refractivity (Wildman–Crippen MR) is 175 cm³/mol. The normalized spacial score (nSPS) is 19.1. The number of anilines is 2. The number of hydrogen-bond acceptors (Lipinski definition) is 5. The van der Waals surface area contributed by atoms with Crippen molar-refractivity contribution in [3.63, 3.8) is 0 Å². The van der Waals surface area contributed by atoms with Gasteiger partial charge >= 0.3 is 0 Å². The molecule has 44 heavy (non-hydrogen) atoms. The van der Waals surface area contributed by atoms with E-state index in [2.05, 4.69) is 50.0 Å². The third kappa shape index (κ3) is 6.05. The highest BCUT2D eigenvalue weighted by Gasteiger charge is 2.38. The number of amides is 1. The number of carbonyl (C=O) groups excluding carboxylic acids is 1. The van der Waals surface area contributed by atoms with Gasteiger partial charge in [-0.05, 0) is 90.6 Å². The van der Waals surface area contributed by atoms with Crippen LogP contribution in [-0.4, -0.2) is 26.6 Å². The minimum absolute atomic E-state index is 0.0587. The summed E-state index contributed by atoms with van der Waals surface area (Å²) in [4.78, 5) is 13.2. The van der Waals surface area contributed by atoms with Crippen LogP contribution in [0.4, 0.5) is 15.8 Å². The summed E-state index contributed by atoms with van der Waals surface area (Å²) >= 11 is 3.39. The second-order valence-electron chi connectivity index (χ2n) is 10.9. The van der Waals surface area contributed by atoms with Crippen LogP contribution >= 0.6 is 15.9 Å². The van der Waals surface area contributed by atoms with Crippen LogP contribution in [-0.2, 0) is 14.8 Å². The molecule has 2 aliphatic rings. The lowest BCUT2D eigenvalue weighted by Gasteiger charge is -2.37. The number of carbonyl (C=O) groups is 1. The zero-order valence-corrected chi connectivity index (χ0v) is 26.2. The maximum Gasteiger partial charge on any atom is 0.264 e. The summed E-state index contributed by atoms with van der Waals surface area (Å²) in [5, 5.41) is 7.98. The van der Waals surface area contributed by atoms with Crippen LogP contribution in [0.1, 0.15) is 42.0 Å². The quantitative estimate of drug-likeness (QED) is 0.118. The Hall–Kier alpha value is -4.28. The third-order valence-corrected chi connectivity index (χ3v) is 10.4. The zero-order valence-electron chi connectivity index (χ0n) is 23.8. The molecule has 0 radical (unpaired) electrons. The van der Waals surface area contributed by atoms with Gasteiger partial charge in [0.25, 0.3) is 15.9 Å². The van der Waals surface area contributed by atoms with E-state index < -0.39 is 22.5 Å². The largest absolute Gasteiger partial charge is 0.378 e. The van der Waals surface area contributed by atoms with E-state index in [4.69, 9.17) is 0 Å². The van der Waals surface area contributed by atoms with Crippen molar-refractivity contribution in [3.8, 4) is 0 Å². The van der Waals surface area contributed by atoms with Crippen LogP contribution in [0, 0.1) is 11.7 Å². The number of hydrazone groups is 1. The molecule has 4 aromatic carbocycles. The number of hydrogen-bond donors (Lipinski definition) is 2. The average molecular weight is 674 g/mol. The smallest absolute Gasteiger partial charge is 0.264 e. The van der Waals surface area contributed by atoms with Crippen molar-refractivity contribution in [2.75, 3.05) is 16.2 Å². The Kier molecular flexibility index (Phi) is 8.38. The number of sulfonamides is 1. The summed E-state index contributed by atoms with van der Waals surface area (Å²) < 4.78 is 42.4. The van der Waals surface area contributed by atoms with E-state index in [0.717, 1.165) is 33.1 Å². The molecule has 1 aliphatic carbocycles. The van der Waals surface area contributed by atoms with Gasteiger partial charge in [0, 0.05) is 16.1 Å². The molecule has 0 saturated carbocycles. The van der Waals surface area contributed by atoms with E-state index in [9.17, 15) is 17.6 Å². The van der Waals surface area contributed by atoms with Crippen molar-refractivity contribution < 1.29 is 17.6 Å². The minimum Gasteiger partial charge on any atom is -0.378 e. The van der Waals surface area contributed by atoms with E-state index in [1.165, 1.54) is 24.3 Å². The number of allylic oxidation sites excluding steroid dienone is 2. The molecule has 10 heteroatoms. The van der Waals surface area contributed by atoms with Crippen molar-refractivity contribution in [1.82, 2.24) is 5.43 Å². The summed E-state index contributed by atoms with van der Waals surface area (Å²) in [6.45, 7) is 1.34. The van der Waals surface area contributed by atoms with E-state index in [1.54, 1.807) is 49.4 Å². The van der Waals surface area contributed by atoms with Crippen molar-refractivity contribution >= 4 is 48.9 Å². The van der Waals surface area contributed by atoms with Crippen LogP contribution in [0.3, 0.4) is 0 Å². The molecule has 224 valence electrons. The molecule has 1 amide bonds. The van der Waals surface area contributed by atoms with Crippen LogP contribution in [0.2, 0.25) is 0 Å². The number of nitrogens with one attached hydrogen (secondary N) is 2. The Morgan fingerprint density at radius 1 is 1.02 bits per heavy atom. The van der Waals surface area contributed by atoms with Crippen LogP contribution in [0.25, 0.3) is 0 Å². The van der Waals surface area contributed by atoms with Gasteiger partial charge in [0.15, 0.2) is 0 Å². The van der Waals surface area contributed by atoms with Crippen molar-refractivity contribution in [1.29, 1.82) is 0 Å². The fourth-order valence-electron chi connectivity index (χ4n) is 5.86. The number of rotatable bonds is 8. The van der Waals surface area contributed by atoms with Crippen molar-refractivity contribution in [3.05, 3.63) is 136 Å². The summed E-state index contributed by atoms with van der Waals surface area (Å²) in [5.74, 6) is -0.359. The average Bonchev–Trinajstić information content (AvgIpc) is 3.53. The molecule has 1 aliphatic heterocycles. The van der Waals surface area contributed by atoms with E-state index in [1.807, 2.05) is 24.3 Å². The maximum atomic E-state index is 13.6. The van der Waals surface area contributed by atoms with E-state index in [0.29, 0.717) is 15.9 Å². The molecular formula is C34H30BrFN4O3S. The minimum atomic E-state index is -4.03. The fourth-order valence-corrected chi connectivity index (χ4v) is 7.68. The highest BCUT2D eigenvalue weighted by atomic mass is 79.9. The maximum absolute atomic E-state index is 13.6. The van der Waals surface area contributed by atoms with Gasteiger partial charge < -0.3 is 5.32 Å². The first-order valence-electron chi connectivity index (χ1n) is 14.2. The number of halogens is 2. The Morgan fingerprint density at radius 3 is 2.55 bits per heavy atom. The van der Waals surface area contributed by atoms with E-state index >= 15 is 0 Å². The first-order chi connectivity index (χ1) is 21.2. The summed E-state index contributed by atoms with van der Waals surface area (Å²) in [6.07, 6.45) is 5.33. The number of benzene rings is 4. The van der Waals surface area contributed by atoms with Gasteiger partial charge in [-0.15, -0.1) is 0 Å². The second-order valence-corrected chi connectivity index (χ2v) is 13.6. The topological polar surface area (TPSA) is 90.9 Å². The first kappa shape index (κ1) is 29.8. The molecule has 3 atom stereocenters.